The average Bonchev–Trinajstić information content (AvgIpc) is 3.69. The molecule has 1 saturated carbocycles. The fraction of sp³-hybridized carbons (Fsp3) is 0.387. The number of rotatable bonds is 6. The first-order valence-electron chi connectivity index (χ1n) is 14.3. The number of ether oxygens (including phenoxy) is 1. The Kier molecular flexibility index (Phi) is 8.23. The minimum absolute atomic E-state index is 0.0250. The second kappa shape index (κ2) is 11.8. The number of amides is 2. The summed E-state index contributed by atoms with van der Waals surface area (Å²) >= 11 is 0. The fourth-order valence-corrected chi connectivity index (χ4v) is 5.19. The summed E-state index contributed by atoms with van der Waals surface area (Å²) in [7, 11) is 0. The normalized spacial score (nSPS) is 14.2. The number of hydrogen-bond acceptors (Lipinski definition) is 6. The molecule has 10 nitrogen and oxygen atoms in total. The molecule has 44 heavy (non-hydrogen) atoms. The number of anilines is 2. The second-order valence-electron chi connectivity index (χ2n) is 11.9. The van der Waals surface area contributed by atoms with E-state index in [0.29, 0.717) is 22.0 Å². The van der Waals surface area contributed by atoms with Crippen LogP contribution in [0, 0.1) is 12.8 Å². The van der Waals surface area contributed by atoms with Crippen LogP contribution >= 0.6 is 0 Å². The maximum absolute atomic E-state index is 13.3. The molecule has 13 heteroatoms. The van der Waals surface area contributed by atoms with Crippen molar-refractivity contribution >= 4 is 40.3 Å². The number of nitrogens with zero attached hydrogens (tertiary/aromatic N) is 4. The number of aryl methyl sites for hydroxylation is 1. The molecule has 2 aromatic heterocycles. The third-order valence-corrected chi connectivity index (χ3v) is 7.31. The summed E-state index contributed by atoms with van der Waals surface area (Å²) < 4.78 is 47.8. The molecule has 232 valence electrons. The summed E-state index contributed by atoms with van der Waals surface area (Å²) in [5, 5.41) is 14.5. The van der Waals surface area contributed by atoms with Gasteiger partial charge < -0.3 is 15.4 Å². The van der Waals surface area contributed by atoms with E-state index in [-0.39, 0.29) is 35.4 Å². The van der Waals surface area contributed by atoms with Crippen LogP contribution in [0.5, 0.6) is 0 Å². The molecule has 2 aromatic carbocycles. The van der Waals surface area contributed by atoms with Gasteiger partial charge in [0.1, 0.15) is 12.1 Å². The first-order valence-corrected chi connectivity index (χ1v) is 14.3. The molecule has 0 saturated heterocycles. The Morgan fingerprint density at radius 2 is 1.73 bits per heavy atom. The molecule has 0 atom stereocenters. The molecule has 0 unspecified atom stereocenters. The van der Waals surface area contributed by atoms with Crippen LogP contribution in [0.3, 0.4) is 0 Å². The Hall–Kier alpha value is -4.68. The highest BCUT2D eigenvalue weighted by molar-refractivity contribution is 6.04. The van der Waals surface area contributed by atoms with E-state index in [2.05, 4.69) is 20.8 Å². The molecule has 2 N–H and O–H groups in total. The number of nitrogens with one attached hydrogen (secondary N) is 2. The Bertz CT molecular complexity index is 1730. The molecule has 0 aliphatic heterocycles. The molecule has 2 amide bonds. The predicted octanol–water partition coefficient (Wildman–Crippen LogP) is 6.78. The second-order valence-corrected chi connectivity index (χ2v) is 11.9. The maximum Gasteiger partial charge on any atom is 0.435 e. The van der Waals surface area contributed by atoms with E-state index < -0.39 is 29.3 Å². The minimum atomic E-state index is -4.54. The lowest BCUT2D eigenvalue weighted by Crippen LogP contribution is -2.28. The Morgan fingerprint density at radius 3 is 2.41 bits per heavy atom. The van der Waals surface area contributed by atoms with Gasteiger partial charge in [-0.1, -0.05) is 25.0 Å². The van der Waals surface area contributed by atoms with Crippen molar-refractivity contribution in [2.75, 3.05) is 10.6 Å². The molecular weight excluding hydrogens is 577 g/mol. The third kappa shape index (κ3) is 6.92. The van der Waals surface area contributed by atoms with Gasteiger partial charge in [-0.3, -0.25) is 14.3 Å². The highest BCUT2D eigenvalue weighted by Crippen LogP contribution is 2.34. The molecule has 0 spiro atoms. The van der Waals surface area contributed by atoms with Crippen LogP contribution in [0.15, 0.2) is 48.8 Å². The van der Waals surface area contributed by atoms with Crippen LogP contribution in [0.1, 0.15) is 57.6 Å². The average molecular weight is 611 g/mol. The summed E-state index contributed by atoms with van der Waals surface area (Å²) in [5.74, 6) is -0.539. The number of fused-ring (bicyclic) bond motifs is 1. The van der Waals surface area contributed by atoms with Crippen molar-refractivity contribution in [3.63, 3.8) is 0 Å². The van der Waals surface area contributed by atoms with Crippen molar-refractivity contribution in [1.29, 1.82) is 0 Å². The summed E-state index contributed by atoms with van der Waals surface area (Å²) in [6.45, 7) is 6.33. The fourth-order valence-electron chi connectivity index (χ4n) is 5.19. The SMILES string of the molecule is Cc1ccc(NC(=O)Cn2cc(-c3ccc4c(NC(=O)C5CCCC5)nn(C(=O)OC(C)(C)C)c4c3)cn2)cc1C(F)(F)F. The number of hydrogen-bond donors (Lipinski definition) is 2. The van der Waals surface area contributed by atoms with Crippen molar-refractivity contribution < 1.29 is 32.3 Å². The molecule has 2 heterocycles. The lowest BCUT2D eigenvalue weighted by Gasteiger charge is -2.19. The lowest BCUT2D eigenvalue weighted by molar-refractivity contribution is -0.138. The first-order chi connectivity index (χ1) is 20.7. The zero-order valence-electron chi connectivity index (χ0n) is 24.8. The summed E-state index contributed by atoms with van der Waals surface area (Å²) in [6, 6.07) is 8.83. The van der Waals surface area contributed by atoms with Crippen LogP contribution in [0.2, 0.25) is 0 Å². The van der Waals surface area contributed by atoms with Crippen LogP contribution in [-0.2, 0) is 27.0 Å². The van der Waals surface area contributed by atoms with E-state index in [4.69, 9.17) is 4.74 Å². The summed E-state index contributed by atoms with van der Waals surface area (Å²) in [6.07, 6.45) is 1.49. The van der Waals surface area contributed by atoms with Crippen molar-refractivity contribution in [2.24, 2.45) is 5.92 Å². The molecular formula is C31H33F3N6O4. The number of carbonyl (C=O) groups excluding carboxylic acids is 3. The molecule has 0 radical (unpaired) electrons. The number of aromatic nitrogens is 4. The van der Waals surface area contributed by atoms with Gasteiger partial charge in [0.05, 0.1) is 17.3 Å². The molecule has 1 fully saturated rings. The van der Waals surface area contributed by atoms with Gasteiger partial charge in [0.25, 0.3) is 0 Å². The molecule has 0 bridgehead atoms. The maximum atomic E-state index is 13.3. The summed E-state index contributed by atoms with van der Waals surface area (Å²) in [5.41, 5.74) is 0.147. The zero-order valence-corrected chi connectivity index (χ0v) is 24.8. The van der Waals surface area contributed by atoms with Crippen LogP contribution < -0.4 is 10.6 Å². The van der Waals surface area contributed by atoms with Gasteiger partial charge in [0.15, 0.2) is 5.82 Å². The van der Waals surface area contributed by atoms with E-state index in [9.17, 15) is 27.6 Å². The van der Waals surface area contributed by atoms with E-state index in [1.54, 1.807) is 45.2 Å². The van der Waals surface area contributed by atoms with Gasteiger partial charge in [-0.2, -0.15) is 23.0 Å². The van der Waals surface area contributed by atoms with Crippen LogP contribution in [-0.4, -0.2) is 43.1 Å². The minimum Gasteiger partial charge on any atom is -0.442 e. The molecule has 1 aliphatic carbocycles. The third-order valence-electron chi connectivity index (χ3n) is 7.31. The Morgan fingerprint density at radius 1 is 1.00 bits per heavy atom. The van der Waals surface area contributed by atoms with Gasteiger partial charge in [0.2, 0.25) is 11.8 Å². The standard InChI is InChI=1S/C31H33F3N6O4/c1-18-9-11-22(14-24(18)31(32,33)34)36-26(41)17-39-16-21(15-35-39)20-10-12-23-25(13-20)40(29(43)44-30(2,3)4)38-27(23)37-28(42)19-7-5-6-8-19/h9-16,19H,5-8,17H2,1-4H3,(H,36,41)(H,37,38,42). The predicted molar refractivity (Wildman–Crippen MR) is 158 cm³/mol. The monoisotopic (exact) mass is 610 g/mol. The molecule has 1 aliphatic rings. The smallest absolute Gasteiger partial charge is 0.435 e. The Labute approximate surface area is 251 Å². The summed E-state index contributed by atoms with van der Waals surface area (Å²) in [4.78, 5) is 38.6. The zero-order chi connectivity index (χ0) is 31.8. The van der Waals surface area contributed by atoms with Gasteiger partial charge >= 0.3 is 12.3 Å². The number of carbonyl (C=O) groups is 3. The van der Waals surface area contributed by atoms with Crippen LogP contribution in [0.25, 0.3) is 22.0 Å². The quantitative estimate of drug-likeness (QED) is 0.248. The van der Waals surface area contributed by atoms with E-state index in [0.717, 1.165) is 36.4 Å². The van der Waals surface area contributed by atoms with E-state index >= 15 is 0 Å². The van der Waals surface area contributed by atoms with Gasteiger partial charge in [-0.25, -0.2) is 4.79 Å². The largest absolute Gasteiger partial charge is 0.442 e. The molecule has 5 rings (SSSR count). The number of benzene rings is 2. The van der Waals surface area contributed by atoms with E-state index in [1.165, 1.54) is 29.9 Å². The lowest BCUT2D eigenvalue weighted by atomic mass is 10.1. The topological polar surface area (TPSA) is 120 Å². The Balaban J connectivity index is 1.38. The van der Waals surface area contributed by atoms with Crippen molar-refractivity contribution in [3.8, 4) is 11.1 Å². The van der Waals surface area contributed by atoms with Gasteiger partial charge in [0, 0.05) is 28.8 Å². The van der Waals surface area contributed by atoms with Crippen molar-refractivity contribution in [1.82, 2.24) is 19.6 Å². The number of halogens is 3. The van der Waals surface area contributed by atoms with Crippen molar-refractivity contribution in [3.05, 3.63) is 59.9 Å². The van der Waals surface area contributed by atoms with Gasteiger partial charge in [-0.05, 0) is 75.9 Å². The first kappa shape index (κ1) is 30.8. The highest BCUT2D eigenvalue weighted by atomic mass is 19.4. The van der Waals surface area contributed by atoms with Gasteiger partial charge in [-0.15, -0.1) is 5.10 Å². The van der Waals surface area contributed by atoms with Crippen molar-refractivity contribution in [2.45, 2.75) is 71.7 Å². The van der Waals surface area contributed by atoms with E-state index in [1.807, 2.05) is 0 Å². The van der Waals surface area contributed by atoms with Crippen LogP contribution in [0.4, 0.5) is 29.5 Å². The number of alkyl halides is 3. The highest BCUT2D eigenvalue weighted by Gasteiger charge is 2.32. The molecule has 4 aromatic rings.